The van der Waals surface area contributed by atoms with E-state index in [1.165, 1.54) is 23.0 Å². The number of benzene rings is 1. The Morgan fingerprint density at radius 1 is 1.42 bits per heavy atom. The SMILES string of the molecule is Cc1cc(N)c(Cl)cc1NS(=O)(=O)c1ccnn1C. The molecule has 0 aliphatic heterocycles. The molecule has 6 nitrogen and oxygen atoms in total. The Morgan fingerprint density at radius 2 is 2.11 bits per heavy atom. The van der Waals surface area contributed by atoms with E-state index in [9.17, 15) is 8.42 Å². The molecule has 0 aliphatic carbocycles. The highest BCUT2D eigenvalue weighted by molar-refractivity contribution is 7.92. The summed E-state index contributed by atoms with van der Waals surface area (Å²) in [6, 6.07) is 4.51. The first-order valence-electron chi connectivity index (χ1n) is 5.37. The van der Waals surface area contributed by atoms with Gasteiger partial charge in [0.05, 0.1) is 22.6 Å². The number of aromatic nitrogens is 2. The maximum atomic E-state index is 12.2. The van der Waals surface area contributed by atoms with Crippen LogP contribution in [0.2, 0.25) is 5.02 Å². The molecule has 0 atom stereocenters. The van der Waals surface area contributed by atoms with Crippen molar-refractivity contribution in [2.75, 3.05) is 10.5 Å². The second-order valence-corrected chi connectivity index (χ2v) is 6.12. The minimum absolute atomic E-state index is 0.0693. The fourth-order valence-corrected chi connectivity index (χ4v) is 3.05. The van der Waals surface area contributed by atoms with Crippen molar-refractivity contribution < 1.29 is 8.42 Å². The Labute approximate surface area is 116 Å². The summed E-state index contributed by atoms with van der Waals surface area (Å²) in [4.78, 5) is 0. The minimum atomic E-state index is -3.70. The van der Waals surface area contributed by atoms with Gasteiger partial charge in [0.15, 0.2) is 5.03 Å². The van der Waals surface area contributed by atoms with Gasteiger partial charge in [-0.25, -0.2) is 0 Å². The van der Waals surface area contributed by atoms with Crippen LogP contribution >= 0.6 is 11.6 Å². The number of aryl methyl sites for hydroxylation is 2. The summed E-state index contributed by atoms with van der Waals surface area (Å²) in [5, 5.41) is 4.20. The quantitative estimate of drug-likeness (QED) is 0.845. The van der Waals surface area contributed by atoms with Gasteiger partial charge < -0.3 is 5.73 Å². The lowest BCUT2D eigenvalue weighted by Crippen LogP contribution is -2.17. The smallest absolute Gasteiger partial charge is 0.279 e. The topological polar surface area (TPSA) is 90.0 Å². The fraction of sp³-hybridized carbons (Fsp3) is 0.182. The molecule has 8 heteroatoms. The van der Waals surface area contributed by atoms with E-state index in [0.717, 1.165) is 0 Å². The van der Waals surface area contributed by atoms with Crippen molar-refractivity contribution in [3.63, 3.8) is 0 Å². The van der Waals surface area contributed by atoms with Gasteiger partial charge in [-0.1, -0.05) is 11.6 Å². The standard InChI is InChI=1S/C11H13ClN4O2S/c1-7-5-9(13)8(12)6-10(7)15-19(17,18)11-3-4-14-16(11)2/h3-6,15H,13H2,1-2H3. The minimum Gasteiger partial charge on any atom is -0.398 e. The molecule has 102 valence electrons. The average Bonchev–Trinajstić information content (AvgIpc) is 2.73. The van der Waals surface area contributed by atoms with Crippen LogP contribution in [0.25, 0.3) is 0 Å². The van der Waals surface area contributed by atoms with Crippen molar-refractivity contribution in [2.24, 2.45) is 7.05 Å². The van der Waals surface area contributed by atoms with Gasteiger partial charge in [-0.3, -0.25) is 9.40 Å². The molecule has 0 fully saturated rings. The monoisotopic (exact) mass is 300 g/mol. The first kappa shape index (κ1) is 13.7. The Bertz CT molecular complexity index is 724. The number of nitrogen functional groups attached to an aromatic ring is 1. The molecule has 0 amide bonds. The van der Waals surface area contributed by atoms with E-state index < -0.39 is 10.0 Å². The van der Waals surface area contributed by atoms with Gasteiger partial charge in [0, 0.05) is 7.05 Å². The number of nitrogens with one attached hydrogen (secondary N) is 1. The van der Waals surface area contributed by atoms with Gasteiger partial charge >= 0.3 is 0 Å². The first-order chi connectivity index (χ1) is 8.81. The number of sulfonamides is 1. The lowest BCUT2D eigenvalue weighted by molar-refractivity contribution is 0.582. The van der Waals surface area contributed by atoms with Gasteiger partial charge in [-0.15, -0.1) is 0 Å². The zero-order valence-electron chi connectivity index (χ0n) is 10.4. The Balaban J connectivity index is 2.42. The maximum Gasteiger partial charge on any atom is 0.279 e. The highest BCUT2D eigenvalue weighted by Gasteiger charge is 2.19. The van der Waals surface area contributed by atoms with Crippen LogP contribution in [0.5, 0.6) is 0 Å². The molecule has 1 heterocycles. The van der Waals surface area contributed by atoms with Crippen molar-refractivity contribution in [1.29, 1.82) is 0 Å². The summed E-state index contributed by atoms with van der Waals surface area (Å²) < 4.78 is 28.1. The van der Waals surface area contributed by atoms with Crippen LogP contribution < -0.4 is 10.5 Å². The van der Waals surface area contributed by atoms with Crippen molar-refractivity contribution in [1.82, 2.24) is 9.78 Å². The molecule has 1 aromatic carbocycles. The van der Waals surface area contributed by atoms with Crippen molar-refractivity contribution in [3.8, 4) is 0 Å². The van der Waals surface area contributed by atoms with Gasteiger partial charge in [0.1, 0.15) is 0 Å². The molecule has 0 saturated carbocycles. The molecule has 1 aromatic heterocycles. The van der Waals surface area contributed by atoms with Gasteiger partial charge in [0.25, 0.3) is 10.0 Å². The zero-order valence-corrected chi connectivity index (χ0v) is 12.0. The lowest BCUT2D eigenvalue weighted by Gasteiger charge is -2.12. The Morgan fingerprint density at radius 3 is 2.68 bits per heavy atom. The van der Waals surface area contributed by atoms with Crippen LogP contribution in [0.1, 0.15) is 5.56 Å². The number of hydrogen-bond acceptors (Lipinski definition) is 4. The zero-order chi connectivity index (χ0) is 14.2. The van der Waals surface area contributed by atoms with E-state index >= 15 is 0 Å². The van der Waals surface area contributed by atoms with Crippen LogP contribution in [0.15, 0.2) is 29.4 Å². The van der Waals surface area contributed by atoms with Crippen LogP contribution in [0.3, 0.4) is 0 Å². The number of rotatable bonds is 3. The van der Waals surface area contributed by atoms with E-state index in [1.807, 2.05) is 0 Å². The number of halogens is 1. The first-order valence-corrected chi connectivity index (χ1v) is 7.24. The number of hydrogen-bond donors (Lipinski definition) is 2. The largest absolute Gasteiger partial charge is 0.398 e. The van der Waals surface area contributed by atoms with E-state index in [0.29, 0.717) is 22.0 Å². The maximum absolute atomic E-state index is 12.2. The van der Waals surface area contributed by atoms with Gasteiger partial charge in [0.2, 0.25) is 0 Å². The van der Waals surface area contributed by atoms with Crippen LogP contribution in [0, 0.1) is 6.92 Å². The third kappa shape index (κ3) is 2.66. The molecule has 2 aromatic rings. The second-order valence-electron chi connectivity index (χ2n) is 4.09. The van der Waals surface area contributed by atoms with Crippen LogP contribution in [-0.4, -0.2) is 18.2 Å². The average molecular weight is 301 g/mol. The Kier molecular flexibility index (Phi) is 3.42. The molecule has 0 bridgehead atoms. The van der Waals surface area contributed by atoms with E-state index in [4.69, 9.17) is 17.3 Å². The summed E-state index contributed by atoms with van der Waals surface area (Å²) >= 11 is 5.89. The summed E-state index contributed by atoms with van der Waals surface area (Å²) in [6.45, 7) is 1.74. The highest BCUT2D eigenvalue weighted by atomic mass is 35.5. The van der Waals surface area contributed by atoms with E-state index in [-0.39, 0.29) is 5.03 Å². The molecule has 0 aliphatic rings. The Hall–Kier alpha value is -1.73. The molecule has 0 unspecified atom stereocenters. The third-order valence-corrected chi connectivity index (χ3v) is 4.41. The summed E-state index contributed by atoms with van der Waals surface area (Å²) in [5.74, 6) is 0. The van der Waals surface area contributed by atoms with Crippen LogP contribution in [-0.2, 0) is 17.1 Å². The number of nitrogens with two attached hydrogens (primary N) is 1. The predicted octanol–water partition coefficient (Wildman–Crippen LogP) is 1.76. The lowest BCUT2D eigenvalue weighted by atomic mass is 10.2. The van der Waals surface area contributed by atoms with E-state index in [2.05, 4.69) is 9.82 Å². The molecule has 19 heavy (non-hydrogen) atoms. The van der Waals surface area contributed by atoms with Crippen molar-refractivity contribution >= 4 is 33.0 Å². The normalized spacial score (nSPS) is 11.5. The molecule has 0 saturated heterocycles. The molecular weight excluding hydrogens is 288 g/mol. The van der Waals surface area contributed by atoms with Crippen LogP contribution in [0.4, 0.5) is 11.4 Å². The summed E-state index contributed by atoms with van der Waals surface area (Å²) in [6.07, 6.45) is 1.41. The van der Waals surface area contributed by atoms with Gasteiger partial charge in [-0.05, 0) is 30.7 Å². The van der Waals surface area contributed by atoms with E-state index in [1.54, 1.807) is 20.0 Å². The number of anilines is 2. The molecule has 2 rings (SSSR count). The van der Waals surface area contributed by atoms with Crippen molar-refractivity contribution in [2.45, 2.75) is 11.9 Å². The van der Waals surface area contributed by atoms with Gasteiger partial charge in [-0.2, -0.15) is 13.5 Å². The summed E-state index contributed by atoms with van der Waals surface area (Å²) in [5.41, 5.74) is 7.13. The molecule has 3 N–H and O–H groups in total. The summed E-state index contributed by atoms with van der Waals surface area (Å²) in [7, 11) is -2.15. The van der Waals surface area contributed by atoms with Crippen molar-refractivity contribution in [3.05, 3.63) is 35.0 Å². The third-order valence-electron chi connectivity index (χ3n) is 2.64. The molecule has 0 spiro atoms. The number of nitrogens with zero attached hydrogens (tertiary/aromatic N) is 2. The second kappa shape index (κ2) is 4.75. The highest BCUT2D eigenvalue weighted by Crippen LogP contribution is 2.28. The molecular formula is C11H13ClN4O2S. The fourth-order valence-electron chi connectivity index (χ4n) is 1.64. The molecule has 0 radical (unpaired) electrons. The predicted molar refractivity (Wildman–Crippen MR) is 74.6 cm³/mol.